The molecular formula is C43H48Cl2OSiZr. The number of halogens is 2. The molecule has 0 aromatic heterocycles. The maximum absolute atomic E-state index is 6.07. The summed E-state index contributed by atoms with van der Waals surface area (Å²) in [5, 5.41) is 3.57. The standard InChI is InChI=1S/C43H48OSi.2ClH.Zr/c1-31-29-35-23-17-25-37(33-19-11-9-12-20-33)39(35)41(31)45(6,28-16-8-7-15-27-44-43(3,4)5)42-32(2)30-36-24-18-26-38(40(36)42)34-21-13-10-14-22-34;;;/h9-14,17-26,29-30H,7-8,15-16,27-28H2,1-6H3;2*1H;/q;;;+2/p-2. The number of ether oxygens (including phenoxy) is 1. The van der Waals surface area contributed by atoms with Crippen LogP contribution in [0.25, 0.3) is 32.6 Å². The van der Waals surface area contributed by atoms with E-state index in [2.05, 4.69) is 138 Å². The van der Waals surface area contributed by atoms with E-state index in [1.54, 1.807) is 43.8 Å². The minimum Gasteiger partial charge on any atom is -1.00 e. The predicted molar refractivity (Wildman–Crippen MR) is 195 cm³/mol. The molecule has 4 aromatic rings. The number of hydrogen-bond acceptors (Lipinski definition) is 1. The summed E-state index contributed by atoms with van der Waals surface area (Å²) in [6.07, 6.45) is 4.96. The Kier molecular flexibility index (Phi) is 11.7. The average molecular weight is 771 g/mol. The Labute approximate surface area is 314 Å². The van der Waals surface area contributed by atoms with Gasteiger partial charge in [-0.1, -0.05) is 0 Å². The molecule has 2 aliphatic carbocycles. The second-order valence-corrected chi connectivity index (χ2v) is 22.7. The van der Waals surface area contributed by atoms with Gasteiger partial charge in [0.25, 0.3) is 0 Å². The fourth-order valence-corrected chi connectivity index (χ4v) is 19.7. The predicted octanol–water partition coefficient (Wildman–Crippen LogP) is 6.01. The topological polar surface area (TPSA) is 9.23 Å². The summed E-state index contributed by atoms with van der Waals surface area (Å²) in [4.78, 5) is 0. The van der Waals surface area contributed by atoms with Crippen molar-refractivity contribution in [2.45, 2.75) is 85.7 Å². The van der Waals surface area contributed by atoms with Crippen LogP contribution < -0.4 is 24.8 Å². The first-order valence-electron chi connectivity index (χ1n) is 17.4. The molecule has 7 rings (SSSR count). The van der Waals surface area contributed by atoms with Crippen LogP contribution in [-0.4, -0.2) is 20.3 Å². The normalized spacial score (nSPS) is 20.5. The van der Waals surface area contributed by atoms with Crippen LogP contribution in [0.1, 0.15) is 89.8 Å². The Morgan fingerprint density at radius 3 is 1.52 bits per heavy atom. The van der Waals surface area contributed by atoms with Crippen molar-refractivity contribution in [1.82, 2.24) is 0 Å². The van der Waals surface area contributed by atoms with Gasteiger partial charge in [-0.2, -0.15) is 0 Å². The monoisotopic (exact) mass is 768 g/mol. The van der Waals surface area contributed by atoms with Crippen molar-refractivity contribution in [2.75, 3.05) is 6.61 Å². The first-order chi connectivity index (χ1) is 22.2. The van der Waals surface area contributed by atoms with Gasteiger partial charge in [0, 0.05) is 0 Å². The molecule has 0 amide bonds. The minimum absolute atomic E-state index is 0. The van der Waals surface area contributed by atoms with Crippen LogP contribution in [0.4, 0.5) is 0 Å². The fourth-order valence-electron chi connectivity index (χ4n) is 8.75. The zero-order chi connectivity index (χ0) is 32.1. The smallest absolute Gasteiger partial charge is 1.00 e. The first kappa shape index (κ1) is 37.3. The molecule has 4 aromatic carbocycles. The van der Waals surface area contributed by atoms with E-state index in [1.807, 2.05) is 0 Å². The van der Waals surface area contributed by atoms with E-state index < -0.39 is 31.3 Å². The third-order valence-electron chi connectivity index (χ3n) is 10.7. The second kappa shape index (κ2) is 15.1. The van der Waals surface area contributed by atoms with Crippen LogP contribution in [0.15, 0.2) is 108 Å². The molecule has 5 heteroatoms. The van der Waals surface area contributed by atoms with E-state index >= 15 is 0 Å². The van der Waals surface area contributed by atoms with Crippen molar-refractivity contribution in [1.29, 1.82) is 0 Å². The Balaban J connectivity index is 0.00000225. The molecule has 0 saturated heterocycles. The van der Waals surface area contributed by atoms with Crippen molar-refractivity contribution >= 4 is 18.5 Å². The molecule has 0 N–H and O–H groups in total. The van der Waals surface area contributed by atoms with E-state index in [0.29, 0.717) is 7.25 Å². The minimum atomic E-state index is -2.20. The van der Waals surface area contributed by atoms with Crippen LogP contribution in [-0.2, 0) is 28.0 Å². The Bertz CT molecular complexity index is 1710. The van der Waals surface area contributed by atoms with Crippen molar-refractivity contribution in [2.24, 2.45) is 0 Å². The molecule has 3 aliphatic rings. The maximum atomic E-state index is 6.07. The number of unbranched alkanes of at least 4 members (excludes halogenated alkanes) is 3. The summed E-state index contributed by atoms with van der Waals surface area (Å²) < 4.78 is 7.36. The van der Waals surface area contributed by atoms with Crippen LogP contribution >= 0.6 is 0 Å². The van der Waals surface area contributed by atoms with Crippen molar-refractivity contribution in [3.63, 3.8) is 0 Å². The van der Waals surface area contributed by atoms with Gasteiger partial charge in [-0.15, -0.1) is 0 Å². The van der Waals surface area contributed by atoms with Crippen LogP contribution in [0.5, 0.6) is 0 Å². The number of hydrogen-bond donors (Lipinski definition) is 0. The Morgan fingerprint density at radius 1 is 0.604 bits per heavy atom. The van der Waals surface area contributed by atoms with Crippen LogP contribution in [0, 0.1) is 0 Å². The molecule has 2 atom stereocenters. The van der Waals surface area contributed by atoms with Gasteiger partial charge in [-0.25, -0.2) is 0 Å². The molecule has 1 heterocycles. The van der Waals surface area contributed by atoms with E-state index in [4.69, 9.17) is 4.74 Å². The Hall–Kier alpha value is -2.00. The summed E-state index contributed by atoms with van der Waals surface area (Å²) >= 11 is -0.925. The van der Waals surface area contributed by atoms with E-state index in [9.17, 15) is 0 Å². The van der Waals surface area contributed by atoms with Gasteiger partial charge in [0.15, 0.2) is 0 Å². The number of benzene rings is 4. The third kappa shape index (κ3) is 6.72. The van der Waals surface area contributed by atoms with E-state index in [0.717, 1.165) is 13.0 Å². The molecule has 0 saturated carbocycles. The van der Waals surface area contributed by atoms with Gasteiger partial charge in [0.2, 0.25) is 0 Å². The fraction of sp³-hybridized carbons (Fsp3) is 0.349. The zero-order valence-corrected chi connectivity index (χ0v) is 34.3. The summed E-state index contributed by atoms with van der Waals surface area (Å²) in [6.45, 7) is 15.2. The number of allylic oxidation sites excluding steroid dienone is 2. The van der Waals surface area contributed by atoms with Gasteiger partial charge in [-0.05, 0) is 20.8 Å². The molecule has 4 bridgehead atoms. The van der Waals surface area contributed by atoms with Crippen LogP contribution in [0.2, 0.25) is 12.6 Å². The quantitative estimate of drug-likeness (QED) is 0.150. The molecule has 0 radical (unpaired) electrons. The molecule has 1 aliphatic heterocycles. The van der Waals surface area contributed by atoms with Crippen LogP contribution in [0.3, 0.4) is 0 Å². The Morgan fingerprint density at radius 2 is 1.06 bits per heavy atom. The summed E-state index contributed by atoms with van der Waals surface area (Å²) in [5.41, 5.74) is 15.6. The average Bonchev–Trinajstić information content (AvgIpc) is 3.52. The van der Waals surface area contributed by atoms with Crippen molar-refractivity contribution in [3.8, 4) is 22.3 Å². The van der Waals surface area contributed by atoms with Crippen molar-refractivity contribution < 1.29 is 52.8 Å². The van der Waals surface area contributed by atoms with Gasteiger partial charge in [0.1, 0.15) is 0 Å². The molecule has 2 unspecified atom stereocenters. The van der Waals surface area contributed by atoms with Gasteiger partial charge in [-0.3, -0.25) is 0 Å². The van der Waals surface area contributed by atoms with E-state index in [1.165, 1.54) is 47.6 Å². The number of fused-ring (bicyclic) bond motifs is 8. The zero-order valence-electron chi connectivity index (χ0n) is 29.3. The SMILES string of the molecule is CC1=C2c3c(-c4ccccc4)cccc3[CH]1[Zr+2][CH]1C(C)=C(c3c(-c4ccccc4)cccc31)[Si]2(C)CCCCCCOC(C)(C)C.[Cl-].[Cl-]. The molecule has 48 heavy (non-hydrogen) atoms. The summed E-state index contributed by atoms with van der Waals surface area (Å²) in [5.74, 6) is 0. The summed E-state index contributed by atoms with van der Waals surface area (Å²) in [6, 6.07) is 38.3. The van der Waals surface area contributed by atoms with E-state index in [-0.39, 0.29) is 30.4 Å². The molecule has 0 spiro atoms. The van der Waals surface area contributed by atoms with Crippen molar-refractivity contribution in [3.05, 3.63) is 130 Å². The molecular weight excluding hydrogens is 723 g/mol. The first-order valence-corrected chi connectivity index (χ1v) is 22.9. The third-order valence-corrected chi connectivity index (χ3v) is 20.8. The molecule has 0 fully saturated rings. The van der Waals surface area contributed by atoms with Gasteiger partial charge in [0.05, 0.1) is 0 Å². The van der Waals surface area contributed by atoms with Gasteiger partial charge >= 0.3 is 271 Å². The number of rotatable bonds is 9. The second-order valence-electron chi connectivity index (χ2n) is 14.9. The summed E-state index contributed by atoms with van der Waals surface area (Å²) in [7, 11) is -2.20. The molecule has 248 valence electrons. The van der Waals surface area contributed by atoms with Gasteiger partial charge < -0.3 is 24.8 Å². The molecule has 1 nitrogen and oxygen atoms in total.